The van der Waals surface area contributed by atoms with Crippen molar-refractivity contribution in [2.45, 2.75) is 26.7 Å². The molecule has 1 atom stereocenters. The summed E-state index contributed by atoms with van der Waals surface area (Å²) in [6.45, 7) is 4.30. The number of carbonyl (C=O) groups is 3. The van der Waals surface area contributed by atoms with Gasteiger partial charge in [0.2, 0.25) is 0 Å². The van der Waals surface area contributed by atoms with Gasteiger partial charge in [0, 0.05) is 25.8 Å². The number of ketones is 1. The normalized spacial score (nSPS) is 11.5. The molecule has 0 aliphatic heterocycles. The van der Waals surface area contributed by atoms with Crippen LogP contribution in [0.15, 0.2) is 48.5 Å². The van der Waals surface area contributed by atoms with Crippen molar-refractivity contribution in [3.63, 3.8) is 0 Å². The molecule has 0 bridgehead atoms. The molecule has 1 unspecified atom stereocenters. The Kier molecular flexibility index (Phi) is 5.47. The second-order valence-corrected chi connectivity index (χ2v) is 5.34. The van der Waals surface area contributed by atoms with Crippen molar-refractivity contribution in [1.82, 2.24) is 0 Å². The number of Topliss-reactive ketones (excluding diaryl/α,β-unsaturated/α-hetero) is 1. The Morgan fingerprint density at radius 1 is 0.875 bits per heavy atom. The molecule has 0 heterocycles. The van der Waals surface area contributed by atoms with Gasteiger partial charge in [0.1, 0.15) is 11.5 Å². The SMILES string of the molecule is CC(=O)Oc1ccc(C(=O)C(C)c2ccccc2)c(OC(C)=O)c1. The molecule has 0 aromatic heterocycles. The van der Waals surface area contributed by atoms with E-state index in [9.17, 15) is 14.4 Å². The van der Waals surface area contributed by atoms with Gasteiger partial charge in [-0.15, -0.1) is 0 Å². The summed E-state index contributed by atoms with van der Waals surface area (Å²) in [5.41, 5.74) is 1.12. The first-order valence-corrected chi connectivity index (χ1v) is 7.48. The zero-order valence-electron chi connectivity index (χ0n) is 13.7. The Labute approximate surface area is 140 Å². The van der Waals surface area contributed by atoms with Crippen molar-refractivity contribution < 1.29 is 23.9 Å². The van der Waals surface area contributed by atoms with Crippen LogP contribution in [-0.2, 0) is 9.59 Å². The van der Waals surface area contributed by atoms with Crippen LogP contribution in [0.25, 0.3) is 0 Å². The summed E-state index contributed by atoms with van der Waals surface area (Å²) in [6.07, 6.45) is 0. The van der Waals surface area contributed by atoms with E-state index in [4.69, 9.17) is 9.47 Å². The quantitative estimate of drug-likeness (QED) is 0.477. The molecular weight excluding hydrogens is 308 g/mol. The molecule has 2 aromatic rings. The first kappa shape index (κ1) is 17.4. The van der Waals surface area contributed by atoms with Crippen molar-refractivity contribution in [3.8, 4) is 11.5 Å². The Balaban J connectivity index is 2.38. The van der Waals surface area contributed by atoms with E-state index in [2.05, 4.69) is 0 Å². The van der Waals surface area contributed by atoms with Gasteiger partial charge in [0.15, 0.2) is 5.78 Å². The third-order valence-electron chi connectivity index (χ3n) is 3.43. The molecule has 0 N–H and O–H groups in total. The van der Waals surface area contributed by atoms with Crippen LogP contribution in [0.5, 0.6) is 11.5 Å². The van der Waals surface area contributed by atoms with Gasteiger partial charge in [0.25, 0.3) is 0 Å². The first-order valence-electron chi connectivity index (χ1n) is 7.48. The molecule has 0 amide bonds. The van der Waals surface area contributed by atoms with Crippen LogP contribution in [0.1, 0.15) is 42.6 Å². The maximum absolute atomic E-state index is 12.8. The monoisotopic (exact) mass is 326 g/mol. The summed E-state index contributed by atoms with van der Waals surface area (Å²) < 4.78 is 10.1. The summed E-state index contributed by atoms with van der Waals surface area (Å²) in [4.78, 5) is 35.2. The number of rotatable bonds is 5. The zero-order valence-corrected chi connectivity index (χ0v) is 13.7. The van der Waals surface area contributed by atoms with Crippen molar-refractivity contribution in [2.24, 2.45) is 0 Å². The number of hydrogen-bond donors (Lipinski definition) is 0. The minimum Gasteiger partial charge on any atom is -0.427 e. The van der Waals surface area contributed by atoms with E-state index in [1.165, 1.54) is 32.0 Å². The highest BCUT2D eigenvalue weighted by molar-refractivity contribution is 6.03. The van der Waals surface area contributed by atoms with Gasteiger partial charge in [-0.1, -0.05) is 37.3 Å². The number of benzene rings is 2. The van der Waals surface area contributed by atoms with Gasteiger partial charge in [-0.2, -0.15) is 0 Å². The number of esters is 2. The molecule has 0 saturated carbocycles. The minimum atomic E-state index is -0.559. The van der Waals surface area contributed by atoms with Crippen molar-refractivity contribution in [2.75, 3.05) is 0 Å². The zero-order chi connectivity index (χ0) is 17.7. The molecular formula is C19H18O5. The fraction of sp³-hybridized carbons (Fsp3) is 0.211. The number of ether oxygens (including phenoxy) is 2. The molecule has 0 radical (unpaired) electrons. The third kappa shape index (κ3) is 4.29. The van der Waals surface area contributed by atoms with E-state index < -0.39 is 17.9 Å². The van der Waals surface area contributed by atoms with Crippen LogP contribution in [0.2, 0.25) is 0 Å². The lowest BCUT2D eigenvalue weighted by Crippen LogP contribution is -2.13. The highest BCUT2D eigenvalue weighted by Crippen LogP contribution is 2.30. The van der Waals surface area contributed by atoms with Crippen LogP contribution >= 0.6 is 0 Å². The van der Waals surface area contributed by atoms with E-state index in [1.54, 1.807) is 6.92 Å². The topological polar surface area (TPSA) is 69.7 Å². The Morgan fingerprint density at radius 3 is 2.08 bits per heavy atom. The lowest BCUT2D eigenvalue weighted by Gasteiger charge is -2.14. The standard InChI is InChI=1S/C19H18O5/c1-12(15-7-5-4-6-8-15)19(22)17-10-9-16(23-13(2)20)11-18(17)24-14(3)21/h4-12H,1-3H3. The third-order valence-corrected chi connectivity index (χ3v) is 3.43. The van der Waals surface area contributed by atoms with Gasteiger partial charge in [-0.25, -0.2) is 0 Å². The van der Waals surface area contributed by atoms with E-state index in [1.807, 2.05) is 30.3 Å². The van der Waals surface area contributed by atoms with Crippen molar-refractivity contribution >= 4 is 17.7 Å². The van der Waals surface area contributed by atoms with Gasteiger partial charge in [-0.3, -0.25) is 14.4 Å². The summed E-state index contributed by atoms with van der Waals surface area (Å²) >= 11 is 0. The summed E-state index contributed by atoms with van der Waals surface area (Å²) in [5, 5.41) is 0. The van der Waals surface area contributed by atoms with E-state index in [0.717, 1.165) is 5.56 Å². The lowest BCUT2D eigenvalue weighted by atomic mass is 9.92. The smallest absolute Gasteiger partial charge is 0.308 e. The molecule has 0 aliphatic rings. The summed E-state index contributed by atoms with van der Waals surface area (Å²) in [5.74, 6) is -1.36. The van der Waals surface area contributed by atoms with Crippen LogP contribution in [-0.4, -0.2) is 17.7 Å². The maximum Gasteiger partial charge on any atom is 0.308 e. The highest BCUT2D eigenvalue weighted by Gasteiger charge is 2.22. The van der Waals surface area contributed by atoms with Gasteiger partial charge in [-0.05, 0) is 17.7 Å². The average molecular weight is 326 g/mol. The molecule has 5 nitrogen and oxygen atoms in total. The Morgan fingerprint density at radius 2 is 1.50 bits per heavy atom. The first-order chi connectivity index (χ1) is 11.4. The van der Waals surface area contributed by atoms with Gasteiger partial charge in [0.05, 0.1) is 5.56 Å². The molecule has 2 aromatic carbocycles. The van der Waals surface area contributed by atoms with Crippen molar-refractivity contribution in [1.29, 1.82) is 0 Å². The van der Waals surface area contributed by atoms with Crippen LogP contribution in [0, 0.1) is 0 Å². The minimum absolute atomic E-state index is 0.0778. The Hall–Kier alpha value is -2.95. The second kappa shape index (κ2) is 7.55. The van der Waals surface area contributed by atoms with E-state index >= 15 is 0 Å². The molecule has 0 saturated heterocycles. The molecule has 0 aliphatic carbocycles. The summed E-state index contributed by atoms with van der Waals surface area (Å²) in [7, 11) is 0. The van der Waals surface area contributed by atoms with Crippen molar-refractivity contribution in [3.05, 3.63) is 59.7 Å². The molecule has 0 fully saturated rings. The van der Waals surface area contributed by atoms with Crippen LogP contribution in [0.3, 0.4) is 0 Å². The van der Waals surface area contributed by atoms with Crippen LogP contribution in [0.4, 0.5) is 0 Å². The Bertz CT molecular complexity index is 765. The fourth-order valence-corrected chi connectivity index (χ4v) is 2.30. The summed E-state index contributed by atoms with van der Waals surface area (Å²) in [6, 6.07) is 13.7. The highest BCUT2D eigenvalue weighted by atomic mass is 16.5. The fourth-order valence-electron chi connectivity index (χ4n) is 2.30. The second-order valence-electron chi connectivity index (χ2n) is 5.34. The predicted molar refractivity (Wildman–Crippen MR) is 88.2 cm³/mol. The number of hydrogen-bond acceptors (Lipinski definition) is 5. The average Bonchev–Trinajstić information content (AvgIpc) is 2.53. The van der Waals surface area contributed by atoms with Gasteiger partial charge >= 0.3 is 11.9 Å². The van der Waals surface area contributed by atoms with Crippen LogP contribution < -0.4 is 9.47 Å². The van der Waals surface area contributed by atoms with E-state index in [-0.39, 0.29) is 22.8 Å². The van der Waals surface area contributed by atoms with Gasteiger partial charge < -0.3 is 9.47 Å². The lowest BCUT2D eigenvalue weighted by molar-refractivity contribution is -0.132. The van der Waals surface area contributed by atoms with E-state index in [0.29, 0.717) is 0 Å². The molecule has 5 heteroatoms. The maximum atomic E-state index is 12.8. The molecule has 24 heavy (non-hydrogen) atoms. The largest absolute Gasteiger partial charge is 0.427 e. The number of carbonyl (C=O) groups excluding carboxylic acids is 3. The molecule has 0 spiro atoms. The molecule has 2 rings (SSSR count). The predicted octanol–water partition coefficient (Wildman–Crippen LogP) is 3.52. The molecule has 124 valence electrons.